The molecule has 3 aromatic rings. The van der Waals surface area contributed by atoms with E-state index in [1.165, 1.54) is 50.6 Å². The highest BCUT2D eigenvalue weighted by Gasteiger charge is 2.22. The fourth-order valence-electron chi connectivity index (χ4n) is 3.65. The van der Waals surface area contributed by atoms with Crippen LogP contribution in [0.2, 0.25) is 0 Å². The van der Waals surface area contributed by atoms with E-state index in [0.717, 1.165) is 11.1 Å². The predicted molar refractivity (Wildman–Crippen MR) is 142 cm³/mol. The number of methoxy groups -OCH3 is 1. The van der Waals surface area contributed by atoms with Gasteiger partial charge < -0.3 is 19.9 Å². The number of esters is 2. The lowest BCUT2D eigenvalue weighted by atomic mass is 9.88. The number of pyridine rings is 1. The number of nitrogens with two attached hydrogens (primary N) is 1. The van der Waals surface area contributed by atoms with E-state index in [9.17, 15) is 23.2 Å². The molecule has 0 aliphatic heterocycles. The van der Waals surface area contributed by atoms with Crippen molar-refractivity contribution in [2.75, 3.05) is 7.11 Å². The molecule has 0 fully saturated rings. The van der Waals surface area contributed by atoms with E-state index in [1.54, 1.807) is 31.2 Å². The largest absolute Gasteiger partial charge is 0.493 e. The summed E-state index contributed by atoms with van der Waals surface area (Å²) in [6.45, 7) is 4.83. The van der Waals surface area contributed by atoms with E-state index in [-0.39, 0.29) is 48.2 Å². The van der Waals surface area contributed by atoms with Crippen LogP contribution in [0.4, 0.5) is 8.78 Å². The number of aromatic nitrogens is 1. The molecule has 210 valence electrons. The molecular weight excluding hydrogens is 510 g/mol. The standard InChI is InChI=1S/C20H22F2O2.C9H10N2O4.H2/c1-3-20(23)24-14(2)17(12-15-4-8-18(21)9-5-15)13-16-6-10-19(22)11-7-16;1-5(12)15-8-6(14-2)3-4-11-7(8)9(10)13;/h4-11,14,17H,3,12-13H2,1-2H3;3-4H,1-2H3,(H2,10,13);1H. The molecule has 8 nitrogen and oxygen atoms in total. The minimum atomic E-state index is -0.787. The molecule has 1 unspecified atom stereocenters. The third-order valence-electron chi connectivity index (χ3n) is 5.66. The highest BCUT2D eigenvalue weighted by atomic mass is 19.1. The minimum Gasteiger partial charge on any atom is -0.493 e. The van der Waals surface area contributed by atoms with Gasteiger partial charge >= 0.3 is 11.9 Å². The average Bonchev–Trinajstić information content (AvgIpc) is 2.90. The van der Waals surface area contributed by atoms with Crippen LogP contribution in [0.3, 0.4) is 0 Å². The van der Waals surface area contributed by atoms with Crippen LogP contribution in [0, 0.1) is 17.6 Å². The van der Waals surface area contributed by atoms with Crippen molar-refractivity contribution >= 4 is 17.8 Å². The maximum absolute atomic E-state index is 13.1. The molecule has 2 N–H and O–H groups in total. The number of carbonyl (C=O) groups is 3. The molecule has 1 aromatic heterocycles. The second-order valence-electron chi connectivity index (χ2n) is 8.62. The minimum absolute atomic E-state index is 0. The smallest absolute Gasteiger partial charge is 0.308 e. The Morgan fingerprint density at radius 3 is 1.87 bits per heavy atom. The van der Waals surface area contributed by atoms with Crippen molar-refractivity contribution in [1.82, 2.24) is 4.98 Å². The molecule has 39 heavy (non-hydrogen) atoms. The van der Waals surface area contributed by atoms with Crippen LogP contribution >= 0.6 is 0 Å². The van der Waals surface area contributed by atoms with Crippen LogP contribution in [0.5, 0.6) is 11.5 Å². The van der Waals surface area contributed by atoms with Gasteiger partial charge in [-0.25, -0.2) is 13.8 Å². The number of primary amides is 1. The fraction of sp³-hybridized carbons (Fsp3) is 0.310. The number of amides is 1. The van der Waals surface area contributed by atoms with Crippen LogP contribution in [-0.4, -0.2) is 36.0 Å². The highest BCUT2D eigenvalue weighted by Crippen LogP contribution is 2.29. The second kappa shape index (κ2) is 15.2. The van der Waals surface area contributed by atoms with Crippen molar-refractivity contribution in [1.29, 1.82) is 0 Å². The van der Waals surface area contributed by atoms with E-state index in [1.807, 2.05) is 6.92 Å². The van der Waals surface area contributed by atoms with E-state index >= 15 is 0 Å². The zero-order chi connectivity index (χ0) is 28.9. The molecule has 2 aromatic carbocycles. The Bertz CT molecular complexity index is 1210. The Balaban J connectivity index is 0.000000432. The van der Waals surface area contributed by atoms with Gasteiger partial charge in [0.1, 0.15) is 17.7 Å². The molecule has 0 spiro atoms. The fourth-order valence-corrected chi connectivity index (χ4v) is 3.65. The van der Waals surface area contributed by atoms with Crippen molar-refractivity contribution in [3.8, 4) is 11.5 Å². The molecular formula is C29H34F2N2O6. The summed E-state index contributed by atoms with van der Waals surface area (Å²) in [6.07, 6.45) is 2.68. The molecule has 1 amide bonds. The van der Waals surface area contributed by atoms with Gasteiger partial charge in [-0.15, -0.1) is 0 Å². The first-order valence-electron chi connectivity index (χ1n) is 12.2. The average molecular weight is 545 g/mol. The Kier molecular flexibility index (Phi) is 12.0. The number of hydrogen-bond donors (Lipinski definition) is 1. The Morgan fingerprint density at radius 2 is 1.46 bits per heavy atom. The Morgan fingerprint density at radius 1 is 0.949 bits per heavy atom. The van der Waals surface area contributed by atoms with Gasteiger partial charge in [0.2, 0.25) is 5.75 Å². The van der Waals surface area contributed by atoms with Crippen LogP contribution in [0.1, 0.15) is 50.2 Å². The number of benzene rings is 2. The lowest BCUT2D eigenvalue weighted by molar-refractivity contribution is -0.150. The summed E-state index contributed by atoms with van der Waals surface area (Å²) in [5, 5.41) is 0. The van der Waals surface area contributed by atoms with Gasteiger partial charge in [0.25, 0.3) is 5.91 Å². The first-order valence-corrected chi connectivity index (χ1v) is 12.2. The number of nitrogens with zero attached hydrogens (tertiary/aromatic N) is 1. The summed E-state index contributed by atoms with van der Waals surface area (Å²) in [5.74, 6) is -1.97. The SMILES string of the molecule is CCC(=O)OC(C)C(Cc1ccc(F)cc1)Cc1ccc(F)cc1.COc1ccnc(C(N)=O)c1OC(C)=O.[HH]. The maximum atomic E-state index is 13.1. The van der Waals surface area contributed by atoms with Crippen molar-refractivity contribution in [3.63, 3.8) is 0 Å². The molecule has 0 aliphatic carbocycles. The summed E-state index contributed by atoms with van der Waals surface area (Å²) >= 11 is 0. The van der Waals surface area contributed by atoms with Crippen LogP contribution in [0.15, 0.2) is 60.8 Å². The maximum Gasteiger partial charge on any atom is 0.308 e. The molecule has 0 bridgehead atoms. The van der Waals surface area contributed by atoms with Gasteiger partial charge in [-0.05, 0) is 55.2 Å². The normalized spacial score (nSPS) is 11.2. The van der Waals surface area contributed by atoms with Crippen molar-refractivity contribution in [3.05, 3.63) is 89.2 Å². The molecule has 1 heterocycles. The summed E-state index contributed by atoms with van der Waals surface area (Å²) in [4.78, 5) is 37.1. The molecule has 0 aliphatic rings. The van der Waals surface area contributed by atoms with Crippen LogP contribution in [-0.2, 0) is 27.2 Å². The first-order chi connectivity index (χ1) is 18.5. The molecule has 1 atom stereocenters. The Hall–Kier alpha value is -4.34. The Labute approximate surface area is 227 Å². The summed E-state index contributed by atoms with van der Waals surface area (Å²) < 4.78 is 41.3. The van der Waals surface area contributed by atoms with Crippen molar-refractivity contribution < 1.29 is 38.8 Å². The van der Waals surface area contributed by atoms with Crippen LogP contribution < -0.4 is 15.2 Å². The van der Waals surface area contributed by atoms with E-state index < -0.39 is 11.9 Å². The number of hydrogen-bond acceptors (Lipinski definition) is 7. The topological polar surface area (TPSA) is 118 Å². The number of rotatable bonds is 10. The van der Waals surface area contributed by atoms with Crippen molar-refractivity contribution in [2.45, 2.75) is 46.1 Å². The monoisotopic (exact) mass is 544 g/mol. The van der Waals surface area contributed by atoms with Gasteiger partial charge in [0.15, 0.2) is 11.4 Å². The van der Waals surface area contributed by atoms with Gasteiger partial charge in [0.05, 0.1) is 7.11 Å². The lowest BCUT2D eigenvalue weighted by Crippen LogP contribution is -2.27. The van der Waals surface area contributed by atoms with E-state index in [4.69, 9.17) is 19.9 Å². The van der Waals surface area contributed by atoms with Crippen LogP contribution in [0.25, 0.3) is 0 Å². The third-order valence-corrected chi connectivity index (χ3v) is 5.66. The second-order valence-corrected chi connectivity index (χ2v) is 8.62. The lowest BCUT2D eigenvalue weighted by Gasteiger charge is -2.24. The van der Waals surface area contributed by atoms with E-state index in [2.05, 4.69) is 4.98 Å². The van der Waals surface area contributed by atoms with Gasteiger partial charge in [-0.3, -0.25) is 14.4 Å². The summed E-state index contributed by atoms with van der Waals surface area (Å²) in [6, 6.07) is 14.1. The van der Waals surface area contributed by atoms with Gasteiger partial charge in [0, 0.05) is 33.0 Å². The highest BCUT2D eigenvalue weighted by molar-refractivity contribution is 5.95. The number of ether oxygens (including phenoxy) is 3. The molecule has 10 heteroatoms. The number of carbonyl (C=O) groups excluding carboxylic acids is 3. The summed E-state index contributed by atoms with van der Waals surface area (Å²) in [7, 11) is 1.38. The third kappa shape index (κ3) is 10.1. The molecule has 0 radical (unpaired) electrons. The molecule has 0 saturated heterocycles. The molecule has 0 saturated carbocycles. The first kappa shape index (κ1) is 30.9. The summed E-state index contributed by atoms with van der Waals surface area (Å²) in [5.41, 5.74) is 6.88. The van der Waals surface area contributed by atoms with E-state index in [0.29, 0.717) is 19.3 Å². The number of halogens is 2. The zero-order valence-electron chi connectivity index (χ0n) is 22.3. The zero-order valence-corrected chi connectivity index (χ0v) is 22.3. The van der Waals surface area contributed by atoms with Crippen molar-refractivity contribution in [2.24, 2.45) is 11.7 Å². The molecule has 3 rings (SSSR count). The van der Waals surface area contributed by atoms with Gasteiger partial charge in [-0.1, -0.05) is 31.2 Å². The predicted octanol–water partition coefficient (Wildman–Crippen LogP) is 5.07. The van der Waals surface area contributed by atoms with Gasteiger partial charge in [-0.2, -0.15) is 0 Å². The quantitative estimate of drug-likeness (QED) is 0.354.